The van der Waals surface area contributed by atoms with E-state index in [0.29, 0.717) is 24.5 Å². The van der Waals surface area contributed by atoms with Crippen molar-refractivity contribution in [2.24, 2.45) is 4.99 Å². The minimum Gasteiger partial charge on any atom is -0.295 e. The highest BCUT2D eigenvalue weighted by Gasteiger charge is 2.24. The Morgan fingerprint density at radius 2 is 1.95 bits per heavy atom. The molecule has 2 aromatic rings. The standard InChI is InChI=1S/C18H17ClN2O/c19-16-8-4-7-15(13-16)18-20-11-12-21(18)17(22)10-9-14-5-2-1-3-6-14/h1-8,13H,9-12H2. The van der Waals surface area contributed by atoms with Crippen molar-refractivity contribution in [2.75, 3.05) is 13.1 Å². The predicted molar refractivity (Wildman–Crippen MR) is 89.3 cm³/mol. The van der Waals surface area contributed by atoms with Gasteiger partial charge in [0.1, 0.15) is 5.84 Å². The van der Waals surface area contributed by atoms with E-state index >= 15 is 0 Å². The molecule has 0 N–H and O–H groups in total. The van der Waals surface area contributed by atoms with E-state index in [1.807, 2.05) is 54.6 Å². The molecule has 1 aliphatic heterocycles. The molecule has 22 heavy (non-hydrogen) atoms. The van der Waals surface area contributed by atoms with Crippen molar-refractivity contribution in [3.63, 3.8) is 0 Å². The van der Waals surface area contributed by atoms with E-state index in [4.69, 9.17) is 11.6 Å². The molecule has 1 amide bonds. The Hall–Kier alpha value is -2.13. The number of carbonyl (C=O) groups is 1. The lowest BCUT2D eigenvalue weighted by molar-refractivity contribution is -0.126. The van der Waals surface area contributed by atoms with Gasteiger partial charge in [0.2, 0.25) is 5.91 Å². The summed E-state index contributed by atoms with van der Waals surface area (Å²) >= 11 is 6.03. The van der Waals surface area contributed by atoms with Crippen LogP contribution in [0.25, 0.3) is 0 Å². The topological polar surface area (TPSA) is 32.7 Å². The summed E-state index contributed by atoms with van der Waals surface area (Å²) < 4.78 is 0. The van der Waals surface area contributed by atoms with Crippen molar-refractivity contribution in [3.8, 4) is 0 Å². The van der Waals surface area contributed by atoms with Gasteiger partial charge in [-0.2, -0.15) is 0 Å². The lowest BCUT2D eigenvalue weighted by atomic mass is 10.1. The molecule has 0 saturated heterocycles. The van der Waals surface area contributed by atoms with Crippen molar-refractivity contribution in [1.29, 1.82) is 0 Å². The molecule has 3 nitrogen and oxygen atoms in total. The second kappa shape index (κ2) is 6.75. The Morgan fingerprint density at radius 3 is 2.73 bits per heavy atom. The first-order valence-electron chi connectivity index (χ1n) is 7.39. The van der Waals surface area contributed by atoms with Gasteiger partial charge in [-0.15, -0.1) is 0 Å². The fraction of sp³-hybridized carbons (Fsp3) is 0.222. The zero-order valence-corrected chi connectivity index (χ0v) is 13.0. The lowest BCUT2D eigenvalue weighted by Gasteiger charge is -2.18. The number of hydrogen-bond acceptors (Lipinski definition) is 2. The fourth-order valence-corrected chi connectivity index (χ4v) is 2.79. The Bertz CT molecular complexity index is 697. The number of rotatable bonds is 4. The van der Waals surface area contributed by atoms with Crippen LogP contribution in [0.3, 0.4) is 0 Å². The molecule has 0 saturated carbocycles. The number of hydrogen-bond donors (Lipinski definition) is 0. The minimum atomic E-state index is 0.111. The maximum absolute atomic E-state index is 12.5. The number of halogens is 1. The molecule has 2 aromatic carbocycles. The van der Waals surface area contributed by atoms with E-state index in [0.717, 1.165) is 17.8 Å². The van der Waals surface area contributed by atoms with Crippen LogP contribution in [0.2, 0.25) is 5.02 Å². The summed E-state index contributed by atoms with van der Waals surface area (Å²) in [6, 6.07) is 17.6. The maximum atomic E-state index is 12.5. The van der Waals surface area contributed by atoms with Crippen LogP contribution in [0.1, 0.15) is 17.5 Å². The lowest BCUT2D eigenvalue weighted by Crippen LogP contribution is -2.35. The predicted octanol–water partition coefficient (Wildman–Crippen LogP) is 3.56. The van der Waals surface area contributed by atoms with Crippen LogP contribution in [0.4, 0.5) is 0 Å². The van der Waals surface area contributed by atoms with Gasteiger partial charge in [-0.3, -0.25) is 14.7 Å². The van der Waals surface area contributed by atoms with Crippen LogP contribution < -0.4 is 0 Å². The van der Waals surface area contributed by atoms with Gasteiger partial charge < -0.3 is 0 Å². The summed E-state index contributed by atoms with van der Waals surface area (Å²) in [7, 11) is 0. The SMILES string of the molecule is O=C(CCc1ccccc1)N1CCN=C1c1cccc(Cl)c1. The monoisotopic (exact) mass is 312 g/mol. The molecule has 0 bridgehead atoms. The third-order valence-electron chi connectivity index (χ3n) is 3.70. The fourth-order valence-electron chi connectivity index (χ4n) is 2.60. The maximum Gasteiger partial charge on any atom is 0.228 e. The second-order valence-corrected chi connectivity index (χ2v) is 5.68. The molecule has 112 valence electrons. The smallest absolute Gasteiger partial charge is 0.228 e. The van der Waals surface area contributed by atoms with E-state index < -0.39 is 0 Å². The Kier molecular flexibility index (Phi) is 4.54. The summed E-state index contributed by atoms with van der Waals surface area (Å²) in [5, 5.41) is 0.656. The highest BCUT2D eigenvalue weighted by Crippen LogP contribution is 2.17. The van der Waals surface area contributed by atoms with Crippen molar-refractivity contribution in [3.05, 3.63) is 70.7 Å². The van der Waals surface area contributed by atoms with Crippen molar-refractivity contribution in [1.82, 2.24) is 4.90 Å². The van der Waals surface area contributed by atoms with Gasteiger partial charge in [0, 0.05) is 23.6 Å². The molecular weight excluding hydrogens is 296 g/mol. The number of aliphatic imine (C=N–C) groups is 1. The number of aryl methyl sites for hydroxylation is 1. The number of nitrogens with zero attached hydrogens (tertiary/aromatic N) is 2. The van der Waals surface area contributed by atoms with E-state index in [1.165, 1.54) is 5.56 Å². The average Bonchev–Trinajstić information content (AvgIpc) is 3.03. The first-order valence-corrected chi connectivity index (χ1v) is 7.76. The zero-order chi connectivity index (χ0) is 15.4. The van der Waals surface area contributed by atoms with Crippen molar-refractivity contribution in [2.45, 2.75) is 12.8 Å². The molecule has 1 aliphatic rings. The van der Waals surface area contributed by atoms with Gasteiger partial charge in [-0.1, -0.05) is 54.1 Å². The normalized spacial score (nSPS) is 14.0. The first-order chi connectivity index (χ1) is 10.7. The third kappa shape index (κ3) is 3.37. The van der Waals surface area contributed by atoms with Crippen LogP contribution in [0.15, 0.2) is 59.6 Å². The van der Waals surface area contributed by atoms with Crippen molar-refractivity contribution < 1.29 is 4.79 Å². The van der Waals surface area contributed by atoms with Crippen LogP contribution in [-0.2, 0) is 11.2 Å². The summed E-state index contributed by atoms with van der Waals surface area (Å²) in [4.78, 5) is 18.7. The molecule has 0 atom stereocenters. The summed E-state index contributed by atoms with van der Waals surface area (Å²) in [5.74, 6) is 0.848. The molecule has 0 radical (unpaired) electrons. The van der Waals surface area contributed by atoms with E-state index in [2.05, 4.69) is 4.99 Å². The van der Waals surface area contributed by atoms with Crippen LogP contribution in [-0.4, -0.2) is 29.7 Å². The zero-order valence-electron chi connectivity index (χ0n) is 12.2. The number of benzene rings is 2. The second-order valence-electron chi connectivity index (χ2n) is 5.25. The van der Waals surface area contributed by atoms with Gasteiger partial charge in [-0.25, -0.2) is 0 Å². The van der Waals surface area contributed by atoms with Gasteiger partial charge in [0.05, 0.1) is 6.54 Å². The van der Waals surface area contributed by atoms with Crippen LogP contribution in [0, 0.1) is 0 Å². The minimum absolute atomic E-state index is 0.111. The third-order valence-corrected chi connectivity index (χ3v) is 3.93. The molecule has 0 aliphatic carbocycles. The summed E-state index contributed by atoms with van der Waals surface area (Å²) in [6.07, 6.45) is 1.24. The van der Waals surface area contributed by atoms with Gasteiger partial charge in [0.15, 0.2) is 0 Å². The Morgan fingerprint density at radius 1 is 1.14 bits per heavy atom. The number of amidine groups is 1. The molecular formula is C18H17ClN2O. The number of amides is 1. The van der Waals surface area contributed by atoms with Crippen LogP contribution >= 0.6 is 11.6 Å². The van der Waals surface area contributed by atoms with Gasteiger partial charge in [0.25, 0.3) is 0 Å². The van der Waals surface area contributed by atoms with E-state index in [-0.39, 0.29) is 5.91 Å². The largest absolute Gasteiger partial charge is 0.295 e. The molecule has 3 rings (SSSR count). The highest BCUT2D eigenvalue weighted by molar-refractivity contribution is 6.31. The average molecular weight is 313 g/mol. The molecule has 0 aromatic heterocycles. The Labute approximate surface area is 135 Å². The van der Waals surface area contributed by atoms with Gasteiger partial charge in [-0.05, 0) is 24.1 Å². The molecule has 0 spiro atoms. The van der Waals surface area contributed by atoms with E-state index in [9.17, 15) is 4.79 Å². The quantitative estimate of drug-likeness (QED) is 0.849. The molecule has 0 unspecified atom stereocenters. The van der Waals surface area contributed by atoms with Crippen molar-refractivity contribution >= 4 is 23.3 Å². The first kappa shape index (κ1) is 14.8. The van der Waals surface area contributed by atoms with Crippen LogP contribution in [0.5, 0.6) is 0 Å². The summed E-state index contributed by atoms with van der Waals surface area (Å²) in [6.45, 7) is 1.30. The van der Waals surface area contributed by atoms with Gasteiger partial charge >= 0.3 is 0 Å². The van der Waals surface area contributed by atoms with E-state index in [1.54, 1.807) is 4.90 Å². The molecule has 1 heterocycles. The number of carbonyl (C=O) groups excluding carboxylic acids is 1. The molecule has 0 fully saturated rings. The summed E-state index contributed by atoms with van der Waals surface area (Å²) in [5.41, 5.74) is 2.08. The Balaban J connectivity index is 1.69. The highest BCUT2D eigenvalue weighted by atomic mass is 35.5. The molecule has 4 heteroatoms.